The molecule has 0 bridgehead atoms. The molecule has 2 rings (SSSR count). The van der Waals surface area contributed by atoms with Gasteiger partial charge in [0.25, 0.3) is 0 Å². The molecule has 0 radical (unpaired) electrons. The van der Waals surface area contributed by atoms with Crippen LogP contribution < -0.4 is 5.32 Å². The van der Waals surface area contributed by atoms with E-state index in [1.807, 2.05) is 0 Å². The number of hydrogen-bond acceptors (Lipinski definition) is 5. The van der Waals surface area contributed by atoms with Crippen molar-refractivity contribution >= 4 is 16.7 Å². The van der Waals surface area contributed by atoms with Gasteiger partial charge in [0.1, 0.15) is 0 Å². The molecule has 1 heterocycles. The van der Waals surface area contributed by atoms with Crippen molar-refractivity contribution in [2.45, 2.75) is 26.2 Å². The Kier molecular flexibility index (Phi) is 3.38. The highest BCUT2D eigenvalue weighted by molar-refractivity contribution is 7.09. The van der Waals surface area contributed by atoms with E-state index in [1.165, 1.54) is 22.7 Å². The highest BCUT2D eigenvalue weighted by atomic mass is 32.1. The van der Waals surface area contributed by atoms with E-state index < -0.39 is 0 Å². The molecule has 4 nitrogen and oxygen atoms in total. The van der Waals surface area contributed by atoms with E-state index in [-0.39, 0.29) is 5.41 Å². The smallest absolute Gasteiger partial charge is 0.225 e. The average molecular weight is 248 g/mol. The first kappa shape index (κ1) is 12.0. The van der Waals surface area contributed by atoms with Crippen molar-refractivity contribution < 1.29 is 0 Å². The molecule has 0 amide bonds. The normalized spacial score (nSPS) is 11.5. The highest BCUT2D eigenvalue weighted by Gasteiger charge is 2.22. The summed E-state index contributed by atoms with van der Waals surface area (Å²) in [6.07, 6.45) is 0. The molecule has 0 spiro atoms. The molecule has 1 aromatic heterocycles. The van der Waals surface area contributed by atoms with Crippen LogP contribution in [0, 0.1) is 6.92 Å². The summed E-state index contributed by atoms with van der Waals surface area (Å²) in [5, 5.41) is 11.5. The van der Waals surface area contributed by atoms with Crippen molar-refractivity contribution in [3.8, 4) is 0 Å². The Morgan fingerprint density at radius 2 is 2.06 bits per heavy atom. The maximum Gasteiger partial charge on any atom is 0.225 e. The van der Waals surface area contributed by atoms with Crippen molar-refractivity contribution in [2.75, 3.05) is 11.9 Å². The van der Waals surface area contributed by atoms with Crippen molar-refractivity contribution in [3.05, 3.63) is 35.4 Å². The second kappa shape index (κ2) is 4.79. The van der Waals surface area contributed by atoms with Crippen LogP contribution in [0.5, 0.6) is 0 Å². The van der Waals surface area contributed by atoms with Gasteiger partial charge in [0.2, 0.25) is 5.13 Å². The van der Waals surface area contributed by atoms with Gasteiger partial charge in [-0.3, -0.25) is 0 Å². The third kappa shape index (κ3) is 2.79. The van der Waals surface area contributed by atoms with E-state index in [2.05, 4.69) is 65.2 Å². The second-order valence-corrected chi connectivity index (χ2v) is 5.45. The van der Waals surface area contributed by atoms with Gasteiger partial charge in [0, 0.05) is 23.5 Å². The Balaban J connectivity index is 2.11. The fourth-order valence-corrected chi connectivity index (χ4v) is 2.29. The van der Waals surface area contributed by atoms with E-state index in [9.17, 15) is 0 Å². The lowest BCUT2D eigenvalue weighted by Gasteiger charge is -2.27. The summed E-state index contributed by atoms with van der Waals surface area (Å²) in [5.74, 6) is 0. The van der Waals surface area contributed by atoms with E-state index in [0.29, 0.717) is 0 Å². The average Bonchev–Trinajstić information content (AvgIpc) is 2.80. The molecule has 2 aromatic rings. The Bertz CT molecular complexity index is 479. The van der Waals surface area contributed by atoms with Crippen LogP contribution >= 0.6 is 11.5 Å². The number of nitrogens with zero attached hydrogens (tertiary/aromatic N) is 3. The van der Waals surface area contributed by atoms with Gasteiger partial charge >= 0.3 is 0 Å². The molecular weight excluding hydrogens is 232 g/mol. The predicted octanol–water partition coefficient (Wildman–Crippen LogP) is 2.63. The van der Waals surface area contributed by atoms with Crippen molar-refractivity contribution in [2.24, 2.45) is 0 Å². The largest absolute Gasteiger partial charge is 0.358 e. The van der Waals surface area contributed by atoms with Crippen LogP contribution in [0.1, 0.15) is 25.0 Å². The summed E-state index contributed by atoms with van der Waals surface area (Å²) in [4.78, 5) is 0. The maximum atomic E-state index is 3.88. The first-order valence-electron chi connectivity index (χ1n) is 5.54. The molecule has 0 saturated heterocycles. The van der Waals surface area contributed by atoms with Crippen molar-refractivity contribution in [3.63, 3.8) is 0 Å². The molecule has 0 aliphatic heterocycles. The lowest BCUT2D eigenvalue weighted by molar-refractivity contribution is 0.553. The Morgan fingerprint density at radius 3 is 2.71 bits per heavy atom. The van der Waals surface area contributed by atoms with Gasteiger partial charge in [-0.1, -0.05) is 47.7 Å². The van der Waals surface area contributed by atoms with Crippen LogP contribution in [0.25, 0.3) is 0 Å². The fraction of sp³-hybridized carbons (Fsp3) is 0.417. The molecule has 5 heteroatoms. The van der Waals surface area contributed by atoms with Crippen LogP contribution in [0.3, 0.4) is 0 Å². The summed E-state index contributed by atoms with van der Waals surface area (Å²) in [6, 6.07) is 8.46. The van der Waals surface area contributed by atoms with Gasteiger partial charge in [0.15, 0.2) is 0 Å². The Morgan fingerprint density at radius 1 is 1.29 bits per heavy atom. The van der Waals surface area contributed by atoms with E-state index in [4.69, 9.17) is 0 Å². The van der Waals surface area contributed by atoms with Crippen molar-refractivity contribution in [1.82, 2.24) is 14.8 Å². The highest BCUT2D eigenvalue weighted by Crippen LogP contribution is 2.26. The van der Waals surface area contributed by atoms with Crippen molar-refractivity contribution in [1.29, 1.82) is 0 Å². The van der Waals surface area contributed by atoms with Crippen LogP contribution in [0.2, 0.25) is 0 Å². The van der Waals surface area contributed by atoms with Gasteiger partial charge < -0.3 is 5.32 Å². The van der Waals surface area contributed by atoms with Crippen LogP contribution in [0.4, 0.5) is 5.13 Å². The second-order valence-electron chi connectivity index (χ2n) is 4.72. The topological polar surface area (TPSA) is 50.7 Å². The molecule has 0 aliphatic carbocycles. The minimum Gasteiger partial charge on any atom is -0.358 e. The fourth-order valence-electron chi connectivity index (χ4n) is 1.93. The molecule has 1 aromatic carbocycles. The zero-order valence-electron chi connectivity index (χ0n) is 10.3. The zero-order valence-corrected chi connectivity index (χ0v) is 11.1. The minimum absolute atomic E-state index is 0.0526. The maximum absolute atomic E-state index is 3.88. The Hall–Kier alpha value is -1.49. The number of aromatic nitrogens is 3. The Labute approximate surface area is 105 Å². The number of benzene rings is 1. The van der Waals surface area contributed by atoms with E-state index in [1.54, 1.807) is 0 Å². The van der Waals surface area contributed by atoms with Gasteiger partial charge in [-0.05, 0) is 23.3 Å². The molecule has 0 fully saturated rings. The standard InChI is InChI=1S/C12H16N4S/c1-9-6-4-5-7-10(9)12(2,3)8-13-11-14-15-16-17-11/h4-7H,8H2,1-3H3,(H,13,14,16). The predicted molar refractivity (Wildman–Crippen MR) is 70.4 cm³/mol. The monoisotopic (exact) mass is 248 g/mol. The third-order valence-electron chi connectivity index (χ3n) is 2.86. The minimum atomic E-state index is 0.0526. The van der Waals surface area contributed by atoms with Gasteiger partial charge in [0.05, 0.1) is 0 Å². The molecule has 0 saturated carbocycles. The first-order chi connectivity index (χ1) is 8.09. The summed E-state index contributed by atoms with van der Waals surface area (Å²) < 4.78 is 3.73. The zero-order chi connectivity index (χ0) is 12.3. The summed E-state index contributed by atoms with van der Waals surface area (Å²) in [6.45, 7) is 7.39. The summed E-state index contributed by atoms with van der Waals surface area (Å²) in [7, 11) is 0. The SMILES string of the molecule is Cc1ccccc1C(C)(C)CNc1nnns1. The lowest BCUT2D eigenvalue weighted by atomic mass is 9.82. The van der Waals surface area contributed by atoms with Crippen LogP contribution in [0.15, 0.2) is 24.3 Å². The van der Waals surface area contributed by atoms with Gasteiger partial charge in [-0.15, -0.1) is 0 Å². The van der Waals surface area contributed by atoms with E-state index >= 15 is 0 Å². The molecule has 0 atom stereocenters. The summed E-state index contributed by atoms with van der Waals surface area (Å²) >= 11 is 1.28. The number of aryl methyl sites for hydroxylation is 1. The van der Waals surface area contributed by atoms with Gasteiger partial charge in [-0.2, -0.15) is 0 Å². The molecule has 0 unspecified atom stereocenters. The first-order valence-corrected chi connectivity index (χ1v) is 6.32. The number of hydrogen-bond donors (Lipinski definition) is 1. The number of nitrogens with one attached hydrogen (secondary N) is 1. The van der Waals surface area contributed by atoms with Crippen LogP contribution in [-0.4, -0.2) is 21.3 Å². The van der Waals surface area contributed by atoms with Crippen LogP contribution in [-0.2, 0) is 5.41 Å². The molecule has 0 aliphatic rings. The number of rotatable bonds is 4. The molecular formula is C12H16N4S. The quantitative estimate of drug-likeness (QED) is 0.903. The lowest BCUT2D eigenvalue weighted by Crippen LogP contribution is -2.28. The third-order valence-corrected chi connectivity index (χ3v) is 3.41. The molecule has 17 heavy (non-hydrogen) atoms. The molecule has 1 N–H and O–H groups in total. The number of anilines is 1. The molecule has 90 valence electrons. The van der Waals surface area contributed by atoms with E-state index in [0.717, 1.165) is 11.7 Å². The van der Waals surface area contributed by atoms with Gasteiger partial charge in [-0.25, -0.2) is 0 Å². The summed E-state index contributed by atoms with van der Waals surface area (Å²) in [5.41, 5.74) is 2.72.